The third kappa shape index (κ3) is 5.33. The van der Waals surface area contributed by atoms with Gasteiger partial charge in [-0.3, -0.25) is 0 Å². The first-order valence-electron chi connectivity index (χ1n) is 7.58. The number of rotatable bonds is 8. The van der Waals surface area contributed by atoms with Gasteiger partial charge >= 0.3 is 0 Å². The Balaban J connectivity index is 2.63. The number of aryl methyl sites for hydroxylation is 1. The molecule has 0 bridgehead atoms. The zero-order chi connectivity index (χ0) is 14.3. The quantitative estimate of drug-likeness (QED) is 0.767. The molecule has 0 radical (unpaired) electrons. The van der Waals surface area contributed by atoms with E-state index in [2.05, 4.69) is 69.2 Å². The van der Waals surface area contributed by atoms with Gasteiger partial charge < -0.3 is 10.2 Å². The van der Waals surface area contributed by atoms with E-state index in [0.717, 1.165) is 19.5 Å². The fourth-order valence-electron chi connectivity index (χ4n) is 2.38. The maximum absolute atomic E-state index is 3.61. The maximum atomic E-state index is 3.61. The molecule has 2 heteroatoms. The molecule has 0 fully saturated rings. The molecule has 0 aliphatic carbocycles. The lowest BCUT2D eigenvalue weighted by molar-refractivity contribution is 0.238. The zero-order valence-corrected chi connectivity index (χ0v) is 13.2. The van der Waals surface area contributed by atoms with Gasteiger partial charge in [0.1, 0.15) is 0 Å². The Kier molecular flexibility index (Phi) is 7.11. The van der Waals surface area contributed by atoms with E-state index in [1.807, 2.05) is 0 Å². The lowest BCUT2D eigenvalue weighted by atomic mass is 10.0. The predicted molar refractivity (Wildman–Crippen MR) is 84.6 cm³/mol. The van der Waals surface area contributed by atoms with E-state index in [4.69, 9.17) is 0 Å². The van der Waals surface area contributed by atoms with E-state index in [-0.39, 0.29) is 0 Å². The summed E-state index contributed by atoms with van der Waals surface area (Å²) in [4.78, 5) is 2.46. The second kappa shape index (κ2) is 8.34. The molecule has 0 heterocycles. The van der Waals surface area contributed by atoms with Crippen LogP contribution in [0.1, 0.15) is 50.8 Å². The maximum Gasteiger partial charge on any atom is 0.0332 e. The summed E-state index contributed by atoms with van der Waals surface area (Å²) in [5, 5.41) is 3.61. The van der Waals surface area contributed by atoms with Gasteiger partial charge in [-0.2, -0.15) is 0 Å². The van der Waals surface area contributed by atoms with Crippen LogP contribution in [0.25, 0.3) is 0 Å². The molecule has 0 aromatic heterocycles. The van der Waals surface area contributed by atoms with Crippen molar-refractivity contribution in [2.45, 2.75) is 52.6 Å². The number of nitrogens with one attached hydrogen (secondary N) is 1. The standard InChI is InChI=1S/C17H30N2/c1-6-15(4)19(5)12-11-17(18-7-2)16-10-8-9-14(3)13-16/h8-10,13,15,17-18H,6-7,11-12H2,1-5H3. The molecule has 0 aliphatic rings. The number of hydrogen-bond acceptors (Lipinski definition) is 2. The van der Waals surface area contributed by atoms with Crippen LogP contribution in [0, 0.1) is 6.92 Å². The number of hydrogen-bond donors (Lipinski definition) is 1. The van der Waals surface area contributed by atoms with Crippen molar-refractivity contribution in [3.8, 4) is 0 Å². The SMILES string of the molecule is CCNC(CCN(C)C(C)CC)c1cccc(C)c1. The molecule has 1 aromatic rings. The van der Waals surface area contributed by atoms with Gasteiger partial charge in [0.25, 0.3) is 0 Å². The molecule has 1 aromatic carbocycles. The molecule has 19 heavy (non-hydrogen) atoms. The minimum Gasteiger partial charge on any atom is -0.310 e. The Morgan fingerprint density at radius 1 is 1.26 bits per heavy atom. The van der Waals surface area contributed by atoms with Crippen LogP contribution < -0.4 is 5.32 Å². The topological polar surface area (TPSA) is 15.3 Å². The summed E-state index contributed by atoms with van der Waals surface area (Å²) < 4.78 is 0. The van der Waals surface area contributed by atoms with E-state index in [1.165, 1.54) is 17.5 Å². The Bertz CT molecular complexity index is 362. The molecule has 0 saturated carbocycles. The van der Waals surface area contributed by atoms with Crippen LogP contribution in [0.4, 0.5) is 0 Å². The molecule has 0 amide bonds. The molecule has 2 unspecified atom stereocenters. The average Bonchev–Trinajstić information content (AvgIpc) is 2.42. The average molecular weight is 262 g/mol. The largest absolute Gasteiger partial charge is 0.310 e. The van der Waals surface area contributed by atoms with Gasteiger partial charge in [0, 0.05) is 12.1 Å². The highest BCUT2D eigenvalue weighted by atomic mass is 15.1. The summed E-state index contributed by atoms with van der Waals surface area (Å²) in [5.74, 6) is 0. The molecule has 0 aliphatic heterocycles. The highest BCUT2D eigenvalue weighted by Gasteiger charge is 2.13. The Morgan fingerprint density at radius 2 is 2.00 bits per heavy atom. The summed E-state index contributed by atoms with van der Waals surface area (Å²) in [6.45, 7) is 11.1. The highest BCUT2D eigenvalue weighted by molar-refractivity contribution is 5.25. The van der Waals surface area contributed by atoms with Crippen LogP contribution in [0.5, 0.6) is 0 Å². The number of nitrogens with zero attached hydrogens (tertiary/aromatic N) is 1. The third-order valence-corrected chi connectivity index (χ3v) is 4.01. The molecule has 2 nitrogen and oxygen atoms in total. The van der Waals surface area contributed by atoms with Crippen LogP contribution >= 0.6 is 0 Å². The fourth-order valence-corrected chi connectivity index (χ4v) is 2.38. The van der Waals surface area contributed by atoms with Crippen molar-refractivity contribution in [3.63, 3.8) is 0 Å². The monoisotopic (exact) mass is 262 g/mol. The van der Waals surface area contributed by atoms with Crippen LogP contribution in [0.2, 0.25) is 0 Å². The van der Waals surface area contributed by atoms with Crippen molar-refractivity contribution >= 4 is 0 Å². The van der Waals surface area contributed by atoms with E-state index in [0.29, 0.717) is 12.1 Å². The molecule has 1 rings (SSSR count). The van der Waals surface area contributed by atoms with Crippen molar-refractivity contribution in [2.75, 3.05) is 20.1 Å². The van der Waals surface area contributed by atoms with Crippen molar-refractivity contribution in [2.24, 2.45) is 0 Å². The Morgan fingerprint density at radius 3 is 2.58 bits per heavy atom. The first-order valence-corrected chi connectivity index (χ1v) is 7.58. The lowest BCUT2D eigenvalue weighted by Crippen LogP contribution is -2.32. The summed E-state index contributed by atoms with van der Waals surface area (Å²) in [6, 6.07) is 10.0. The molecule has 1 N–H and O–H groups in total. The summed E-state index contributed by atoms with van der Waals surface area (Å²) in [7, 11) is 2.23. The molecule has 2 atom stereocenters. The van der Waals surface area contributed by atoms with Gasteiger partial charge in [0.15, 0.2) is 0 Å². The van der Waals surface area contributed by atoms with E-state index < -0.39 is 0 Å². The fraction of sp³-hybridized carbons (Fsp3) is 0.647. The second-order valence-electron chi connectivity index (χ2n) is 5.55. The van der Waals surface area contributed by atoms with E-state index in [1.54, 1.807) is 0 Å². The minimum atomic E-state index is 0.469. The number of benzene rings is 1. The smallest absolute Gasteiger partial charge is 0.0332 e. The van der Waals surface area contributed by atoms with Gasteiger partial charge in [-0.1, -0.05) is 43.7 Å². The highest BCUT2D eigenvalue weighted by Crippen LogP contribution is 2.19. The molecule has 108 valence electrons. The molecular weight excluding hydrogens is 232 g/mol. The van der Waals surface area contributed by atoms with Crippen molar-refractivity contribution in [1.82, 2.24) is 10.2 Å². The zero-order valence-electron chi connectivity index (χ0n) is 13.2. The molecule has 0 spiro atoms. The van der Waals surface area contributed by atoms with E-state index in [9.17, 15) is 0 Å². The van der Waals surface area contributed by atoms with Crippen molar-refractivity contribution < 1.29 is 0 Å². The van der Waals surface area contributed by atoms with Crippen LogP contribution in [-0.2, 0) is 0 Å². The van der Waals surface area contributed by atoms with E-state index >= 15 is 0 Å². The first-order chi connectivity index (χ1) is 9.08. The first kappa shape index (κ1) is 16.2. The van der Waals surface area contributed by atoms with Crippen molar-refractivity contribution in [3.05, 3.63) is 35.4 Å². The minimum absolute atomic E-state index is 0.469. The summed E-state index contributed by atoms with van der Waals surface area (Å²) in [5.41, 5.74) is 2.76. The second-order valence-corrected chi connectivity index (χ2v) is 5.55. The summed E-state index contributed by atoms with van der Waals surface area (Å²) >= 11 is 0. The molecular formula is C17H30N2. The normalized spacial score (nSPS) is 14.6. The predicted octanol–water partition coefficient (Wildman–Crippen LogP) is 3.77. The van der Waals surface area contributed by atoms with Gasteiger partial charge in [-0.25, -0.2) is 0 Å². The third-order valence-electron chi connectivity index (χ3n) is 4.01. The summed E-state index contributed by atoms with van der Waals surface area (Å²) in [6.07, 6.45) is 2.38. The van der Waals surface area contributed by atoms with Gasteiger partial charge in [0.05, 0.1) is 0 Å². The van der Waals surface area contributed by atoms with Gasteiger partial charge in [-0.15, -0.1) is 0 Å². The van der Waals surface area contributed by atoms with Crippen LogP contribution in [0.15, 0.2) is 24.3 Å². The van der Waals surface area contributed by atoms with Crippen LogP contribution in [0.3, 0.4) is 0 Å². The molecule has 0 saturated heterocycles. The van der Waals surface area contributed by atoms with Crippen LogP contribution in [-0.4, -0.2) is 31.1 Å². The Labute approximate surface area is 119 Å². The lowest BCUT2D eigenvalue weighted by Gasteiger charge is -2.26. The van der Waals surface area contributed by atoms with Gasteiger partial charge in [-0.05, 0) is 52.4 Å². The van der Waals surface area contributed by atoms with Crippen molar-refractivity contribution in [1.29, 1.82) is 0 Å². The Hall–Kier alpha value is -0.860. The van der Waals surface area contributed by atoms with Gasteiger partial charge in [0.2, 0.25) is 0 Å².